The molecule has 0 atom stereocenters. The fraction of sp³-hybridized carbons (Fsp3) is 0.240. The molecule has 0 aliphatic heterocycles. The molecule has 0 amide bonds. The molecule has 0 nitrogen and oxygen atoms in total. The first-order chi connectivity index (χ1) is 25.2. The summed E-state index contributed by atoms with van der Waals surface area (Å²) in [5.41, 5.74) is 5.82. The van der Waals surface area contributed by atoms with Crippen molar-refractivity contribution in [1.82, 2.24) is 0 Å². The van der Waals surface area contributed by atoms with Crippen LogP contribution in [0.2, 0.25) is 0 Å². The number of halogens is 2. The van der Waals surface area contributed by atoms with E-state index in [1.165, 1.54) is 114 Å². The van der Waals surface area contributed by atoms with E-state index in [0.29, 0.717) is 23.7 Å². The predicted octanol–water partition coefficient (Wildman–Crippen LogP) is 8.67. The Kier molecular flexibility index (Phi) is 23.4. The average molecular weight is 910 g/mol. The molecule has 0 fully saturated rings. The van der Waals surface area contributed by atoms with E-state index in [0.717, 1.165) is 0 Å². The molecule has 8 aromatic carbocycles. The molecule has 0 saturated carbocycles. The fourth-order valence-corrected chi connectivity index (χ4v) is 6.76. The molecule has 0 radical (unpaired) electrons. The van der Waals surface area contributed by atoms with E-state index in [9.17, 15) is 0 Å². The van der Waals surface area contributed by atoms with Gasteiger partial charge >= 0.3 is 56.9 Å². The maximum absolute atomic E-state index is 3.34. The Bertz CT molecular complexity index is 1890. The van der Waals surface area contributed by atoms with Crippen LogP contribution >= 0.6 is 0 Å². The molecule has 0 unspecified atom stereocenters. The molecule has 0 N–H and O–H groups in total. The molecule has 0 aliphatic carbocycles. The summed E-state index contributed by atoms with van der Waals surface area (Å²) < 4.78 is 6.68. The van der Waals surface area contributed by atoms with Crippen LogP contribution in [0.4, 0.5) is 0 Å². The zero-order valence-electron chi connectivity index (χ0n) is 33.3. The van der Waals surface area contributed by atoms with Gasteiger partial charge in [-0.05, 0) is 23.7 Å². The Morgan fingerprint density at radius 1 is 0.333 bits per heavy atom. The molecule has 0 aliphatic rings. The molecule has 0 saturated heterocycles. The van der Waals surface area contributed by atoms with Crippen LogP contribution in [0.25, 0.3) is 43.1 Å². The maximum Gasteiger partial charge on any atom is -1.00 e. The number of benzene rings is 4. The van der Waals surface area contributed by atoms with Crippen molar-refractivity contribution < 1.29 is 73.3 Å². The summed E-state index contributed by atoms with van der Waals surface area (Å²) in [7, 11) is 0. The molecule has 0 bridgehead atoms. The van der Waals surface area contributed by atoms with Gasteiger partial charge in [0.15, 0.2) is 0 Å². The van der Waals surface area contributed by atoms with Crippen LogP contribution in [0.15, 0.2) is 146 Å². The molecule has 0 heterocycles. The van der Waals surface area contributed by atoms with Crippen molar-refractivity contribution in [2.75, 3.05) is 0 Å². The Hall–Kier alpha value is -2.59. The summed E-state index contributed by atoms with van der Waals surface area (Å²) in [6, 6.07) is 52.0. The predicted molar refractivity (Wildman–Crippen MR) is 229 cm³/mol. The minimum Gasteiger partial charge on any atom is -1.00 e. The second-order valence-electron chi connectivity index (χ2n) is 14.1. The van der Waals surface area contributed by atoms with Gasteiger partial charge in [-0.25, -0.2) is 0 Å². The van der Waals surface area contributed by atoms with Gasteiger partial charge in [0.05, 0.1) is 0 Å². The van der Waals surface area contributed by atoms with E-state index in [1.54, 1.807) is 0 Å². The van der Waals surface area contributed by atoms with Gasteiger partial charge in [-0.15, -0.1) is 116 Å². The van der Waals surface area contributed by atoms with Crippen molar-refractivity contribution in [3.8, 4) is 0 Å². The van der Waals surface area contributed by atoms with Crippen molar-refractivity contribution in [1.29, 1.82) is 0 Å². The second-order valence-corrected chi connectivity index (χ2v) is 14.1. The first kappa shape index (κ1) is 49.4. The van der Waals surface area contributed by atoms with E-state index >= 15 is 0 Å². The van der Waals surface area contributed by atoms with Crippen LogP contribution in [-0.4, -0.2) is 8.42 Å². The third kappa shape index (κ3) is 13.3. The summed E-state index contributed by atoms with van der Waals surface area (Å²) in [6.45, 7) is 17.9. The van der Waals surface area contributed by atoms with Crippen molar-refractivity contribution >= 4 is 51.5 Å². The van der Waals surface area contributed by atoms with Crippen LogP contribution < -0.4 is 24.8 Å². The summed E-state index contributed by atoms with van der Waals surface area (Å²) in [6.07, 6.45) is 0. The number of hydrogen-bond acceptors (Lipinski definition) is 0. The van der Waals surface area contributed by atoms with Gasteiger partial charge < -0.3 is 24.8 Å². The van der Waals surface area contributed by atoms with Crippen molar-refractivity contribution in [3.63, 3.8) is 0 Å². The summed E-state index contributed by atoms with van der Waals surface area (Å²) in [5, 5.41) is 11.1. The van der Waals surface area contributed by atoms with Crippen molar-refractivity contribution in [2.24, 2.45) is 0 Å². The molecule has 0 spiro atoms. The topological polar surface area (TPSA) is 0 Å². The van der Waals surface area contributed by atoms with E-state index in [4.69, 9.17) is 0 Å². The fourth-order valence-electron chi connectivity index (χ4n) is 6.76. The van der Waals surface area contributed by atoms with Crippen molar-refractivity contribution in [3.05, 3.63) is 168 Å². The largest absolute Gasteiger partial charge is 1.00 e. The quantitative estimate of drug-likeness (QED) is 0.155. The molecular formula is C50H56Cl2Zr2-2. The zero-order chi connectivity index (χ0) is 38.2. The Balaban J connectivity index is 0.000000345. The van der Waals surface area contributed by atoms with Crippen LogP contribution in [0.5, 0.6) is 0 Å². The third-order valence-electron chi connectivity index (χ3n) is 9.34. The standard InChI is InChI=1S/4C12H13.2CH2.2ClH.2Zr/c4*1-9(2)11-7-3-5-10-6-4-8-12(10)11;;;;;;/h4*3-9H,1-2H3;2*1H2;2*1H;;/q4*-1;;;;;2*+2/p-2. The van der Waals surface area contributed by atoms with E-state index in [-0.39, 0.29) is 24.8 Å². The monoisotopic (exact) mass is 906 g/mol. The van der Waals surface area contributed by atoms with Gasteiger partial charge in [-0.1, -0.05) is 102 Å². The van der Waals surface area contributed by atoms with Gasteiger partial charge in [0, 0.05) is 0 Å². The maximum atomic E-state index is 3.34. The average Bonchev–Trinajstić information content (AvgIpc) is 4.00. The van der Waals surface area contributed by atoms with Crippen LogP contribution in [0, 0.1) is 0 Å². The molecule has 8 rings (SSSR count). The Morgan fingerprint density at radius 2 is 0.519 bits per heavy atom. The van der Waals surface area contributed by atoms with Crippen molar-refractivity contribution in [2.45, 2.75) is 79.1 Å². The Morgan fingerprint density at radius 3 is 0.685 bits per heavy atom. The number of rotatable bonds is 4. The van der Waals surface area contributed by atoms with Gasteiger partial charge in [-0.3, -0.25) is 0 Å². The molecular weight excluding hydrogens is 854 g/mol. The number of hydrogen-bond donors (Lipinski definition) is 0. The van der Waals surface area contributed by atoms with Crippen LogP contribution in [-0.2, 0) is 48.5 Å². The van der Waals surface area contributed by atoms with Crippen LogP contribution in [0.1, 0.15) is 101 Å². The summed E-state index contributed by atoms with van der Waals surface area (Å²) >= 11 is 2.60. The molecule has 8 aromatic rings. The Labute approximate surface area is 368 Å². The molecule has 280 valence electrons. The smallest absolute Gasteiger partial charge is 1.00 e. The SMILES string of the molecule is CC(C)c1cccc2[cH-]ccc12.CC(C)c1cccc2[cH-]ccc12.CC(C)c1cccc2[cH-]ccc12.CC(C)c1cccc2[cH-]ccc12.[CH2]=[Zr+2].[CH2]=[Zr+2].[Cl-].[Cl-]. The van der Waals surface area contributed by atoms with Gasteiger partial charge in [-0.2, -0.15) is 48.5 Å². The number of fused-ring (bicyclic) bond motifs is 4. The summed E-state index contributed by atoms with van der Waals surface area (Å²) in [4.78, 5) is 0. The normalized spacial score (nSPS) is 10.2. The van der Waals surface area contributed by atoms with Crippen LogP contribution in [0.3, 0.4) is 0 Å². The van der Waals surface area contributed by atoms with Gasteiger partial charge in [0.1, 0.15) is 0 Å². The molecule has 0 aromatic heterocycles. The van der Waals surface area contributed by atoms with E-state index in [2.05, 4.69) is 209 Å². The molecule has 4 heteroatoms. The third-order valence-corrected chi connectivity index (χ3v) is 9.34. The second kappa shape index (κ2) is 25.5. The minimum atomic E-state index is 0. The van der Waals surface area contributed by atoms with Gasteiger partial charge in [0.25, 0.3) is 0 Å². The molecule has 54 heavy (non-hydrogen) atoms. The summed E-state index contributed by atoms with van der Waals surface area (Å²) in [5.74, 6) is 2.49. The zero-order valence-corrected chi connectivity index (χ0v) is 39.8. The first-order valence-electron chi connectivity index (χ1n) is 18.4. The first-order valence-corrected chi connectivity index (χ1v) is 21.9. The minimum absolute atomic E-state index is 0. The van der Waals surface area contributed by atoms with E-state index in [1.807, 2.05) is 0 Å². The van der Waals surface area contributed by atoms with E-state index < -0.39 is 0 Å². The van der Waals surface area contributed by atoms with Gasteiger partial charge in [0.2, 0.25) is 0 Å².